The summed E-state index contributed by atoms with van der Waals surface area (Å²) in [7, 11) is 0. The Morgan fingerprint density at radius 3 is 2.25 bits per heavy atom. The first-order valence-corrected chi connectivity index (χ1v) is 10.1. The molecule has 0 atom stereocenters. The van der Waals surface area contributed by atoms with Crippen molar-refractivity contribution in [1.82, 2.24) is 15.0 Å². The Hall–Kier alpha value is -3.07. The van der Waals surface area contributed by atoms with Crippen LogP contribution in [0.4, 0.5) is 0 Å². The Labute approximate surface area is 165 Å². The van der Waals surface area contributed by atoms with E-state index in [1.807, 2.05) is 0 Å². The first-order chi connectivity index (χ1) is 13.7. The third-order valence-electron chi connectivity index (χ3n) is 5.64. The van der Waals surface area contributed by atoms with E-state index in [0.717, 1.165) is 43.2 Å². The molecule has 138 valence electrons. The van der Waals surface area contributed by atoms with Crippen LogP contribution in [0.5, 0.6) is 0 Å². The molecular weight excluding hydrogens is 342 g/mol. The minimum atomic E-state index is 0.745. The van der Waals surface area contributed by atoms with E-state index in [-0.39, 0.29) is 0 Å². The summed E-state index contributed by atoms with van der Waals surface area (Å²) in [6.07, 6.45) is 3.44. The number of benzene rings is 3. The monoisotopic (exact) mass is 365 g/mol. The van der Waals surface area contributed by atoms with Gasteiger partial charge in [-0.15, -0.1) is 0 Å². The van der Waals surface area contributed by atoms with Crippen LogP contribution in [-0.2, 0) is 25.7 Å². The Balaban J connectivity index is 1.57. The molecule has 0 bridgehead atoms. The van der Waals surface area contributed by atoms with Gasteiger partial charge in [-0.3, -0.25) is 0 Å². The third kappa shape index (κ3) is 2.88. The third-order valence-corrected chi connectivity index (χ3v) is 5.64. The van der Waals surface area contributed by atoms with Crippen molar-refractivity contribution >= 4 is 10.8 Å². The van der Waals surface area contributed by atoms with Crippen molar-refractivity contribution in [1.29, 1.82) is 0 Å². The Morgan fingerprint density at radius 1 is 0.750 bits per heavy atom. The van der Waals surface area contributed by atoms with Gasteiger partial charge in [-0.25, -0.2) is 15.0 Å². The predicted molar refractivity (Wildman–Crippen MR) is 114 cm³/mol. The largest absolute Gasteiger partial charge is 0.218 e. The number of hydrogen-bond acceptors (Lipinski definition) is 3. The molecule has 3 nitrogen and oxygen atoms in total. The topological polar surface area (TPSA) is 38.7 Å². The number of aryl methyl sites for hydroxylation is 2. The highest BCUT2D eigenvalue weighted by molar-refractivity contribution is 5.95. The first kappa shape index (κ1) is 17.1. The van der Waals surface area contributed by atoms with Gasteiger partial charge in [0.1, 0.15) is 17.5 Å². The molecule has 0 spiro atoms. The highest BCUT2D eigenvalue weighted by atomic mass is 15.0. The van der Waals surface area contributed by atoms with Crippen LogP contribution >= 0.6 is 0 Å². The average molecular weight is 365 g/mol. The van der Waals surface area contributed by atoms with Crippen LogP contribution in [-0.4, -0.2) is 15.0 Å². The van der Waals surface area contributed by atoms with Gasteiger partial charge in [-0.2, -0.15) is 0 Å². The molecule has 0 saturated carbocycles. The van der Waals surface area contributed by atoms with E-state index in [1.165, 1.54) is 38.6 Å². The van der Waals surface area contributed by atoms with Crippen LogP contribution in [0.2, 0.25) is 0 Å². The van der Waals surface area contributed by atoms with Gasteiger partial charge in [0.15, 0.2) is 0 Å². The van der Waals surface area contributed by atoms with Gasteiger partial charge in [0, 0.05) is 19.3 Å². The van der Waals surface area contributed by atoms with Crippen molar-refractivity contribution in [2.45, 2.75) is 39.5 Å². The van der Waals surface area contributed by atoms with E-state index in [1.54, 1.807) is 0 Å². The summed E-state index contributed by atoms with van der Waals surface area (Å²) in [5.41, 5.74) is 6.88. The fourth-order valence-electron chi connectivity index (χ4n) is 4.21. The van der Waals surface area contributed by atoms with Crippen molar-refractivity contribution in [3.63, 3.8) is 0 Å². The Kier molecular flexibility index (Phi) is 4.16. The number of hydrogen-bond donors (Lipinski definition) is 0. The molecule has 1 heterocycles. The average Bonchev–Trinajstić information content (AvgIpc) is 3.12. The van der Waals surface area contributed by atoms with Gasteiger partial charge in [-0.1, -0.05) is 68.4 Å². The number of fused-ring (bicyclic) bond motifs is 5. The highest BCUT2D eigenvalue weighted by Crippen LogP contribution is 2.40. The molecule has 3 heteroatoms. The van der Waals surface area contributed by atoms with Gasteiger partial charge in [-0.05, 0) is 45.0 Å². The molecule has 0 fully saturated rings. The Bertz CT molecular complexity index is 1170. The van der Waals surface area contributed by atoms with E-state index in [4.69, 9.17) is 0 Å². The summed E-state index contributed by atoms with van der Waals surface area (Å²) < 4.78 is 0. The smallest absolute Gasteiger partial charge is 0.136 e. The molecule has 1 aliphatic rings. The molecule has 1 aliphatic carbocycles. The summed E-state index contributed by atoms with van der Waals surface area (Å²) in [5, 5.41) is 2.65. The molecule has 0 N–H and O–H groups in total. The zero-order chi connectivity index (χ0) is 19.1. The molecule has 0 unspecified atom stereocenters. The second-order valence-electron chi connectivity index (χ2n) is 7.45. The van der Waals surface area contributed by atoms with Gasteiger partial charge < -0.3 is 0 Å². The van der Waals surface area contributed by atoms with Crippen LogP contribution in [0.3, 0.4) is 0 Å². The zero-order valence-corrected chi connectivity index (χ0v) is 16.4. The summed E-state index contributed by atoms with van der Waals surface area (Å²) >= 11 is 0. The van der Waals surface area contributed by atoms with Gasteiger partial charge in [0.2, 0.25) is 0 Å². The van der Waals surface area contributed by atoms with Crippen LogP contribution in [0, 0.1) is 0 Å². The SMILES string of the molecule is CCc1nc(CC)nc(Cc2ccc3ccc4c(c3c2)Cc2ccccc2-4)n1. The quantitative estimate of drug-likeness (QED) is 0.433. The second kappa shape index (κ2) is 6.83. The summed E-state index contributed by atoms with van der Waals surface area (Å²) in [5.74, 6) is 2.65. The normalized spacial score (nSPS) is 12.2. The van der Waals surface area contributed by atoms with Gasteiger partial charge in [0.05, 0.1) is 0 Å². The summed E-state index contributed by atoms with van der Waals surface area (Å²) in [6.45, 7) is 4.19. The van der Waals surface area contributed by atoms with E-state index in [0.29, 0.717) is 0 Å². The molecule has 4 aromatic rings. The number of aromatic nitrogens is 3. The fraction of sp³-hybridized carbons (Fsp3) is 0.240. The van der Waals surface area contributed by atoms with Crippen molar-refractivity contribution in [2.75, 3.05) is 0 Å². The Morgan fingerprint density at radius 2 is 1.46 bits per heavy atom. The van der Waals surface area contributed by atoms with Crippen LogP contribution < -0.4 is 0 Å². The van der Waals surface area contributed by atoms with Crippen LogP contribution in [0.1, 0.15) is 48.0 Å². The van der Waals surface area contributed by atoms with E-state index in [9.17, 15) is 0 Å². The lowest BCUT2D eigenvalue weighted by molar-refractivity contribution is 0.779. The maximum Gasteiger partial charge on any atom is 0.136 e. The highest BCUT2D eigenvalue weighted by Gasteiger charge is 2.20. The van der Waals surface area contributed by atoms with E-state index < -0.39 is 0 Å². The van der Waals surface area contributed by atoms with Crippen molar-refractivity contribution < 1.29 is 0 Å². The maximum absolute atomic E-state index is 4.66. The standard InChI is InChI=1S/C25H23N3/c1-3-23-26-24(4-2)28-25(27-23)14-16-9-10-17-11-12-20-19-8-6-5-7-18(19)15-22(20)21(17)13-16/h5-13H,3-4,14-15H2,1-2H3. The van der Waals surface area contributed by atoms with Crippen LogP contribution in [0.25, 0.3) is 21.9 Å². The predicted octanol–water partition coefficient (Wildman–Crippen LogP) is 5.31. The van der Waals surface area contributed by atoms with Gasteiger partial charge in [0.25, 0.3) is 0 Å². The van der Waals surface area contributed by atoms with Gasteiger partial charge >= 0.3 is 0 Å². The summed E-state index contributed by atoms with van der Waals surface area (Å²) in [6, 6.07) is 20.0. The van der Waals surface area contributed by atoms with Crippen molar-refractivity contribution in [3.8, 4) is 11.1 Å². The maximum atomic E-state index is 4.66. The fourth-order valence-corrected chi connectivity index (χ4v) is 4.21. The molecular formula is C25H23N3. The lowest BCUT2D eigenvalue weighted by Crippen LogP contribution is -2.07. The molecule has 0 amide bonds. The lowest BCUT2D eigenvalue weighted by atomic mass is 9.96. The molecule has 3 aromatic carbocycles. The second-order valence-corrected chi connectivity index (χ2v) is 7.45. The summed E-state index contributed by atoms with van der Waals surface area (Å²) in [4.78, 5) is 13.8. The molecule has 0 aliphatic heterocycles. The molecule has 28 heavy (non-hydrogen) atoms. The molecule has 0 saturated heterocycles. The van der Waals surface area contributed by atoms with E-state index in [2.05, 4.69) is 83.4 Å². The number of rotatable bonds is 4. The first-order valence-electron chi connectivity index (χ1n) is 10.1. The van der Waals surface area contributed by atoms with Crippen molar-refractivity contribution in [3.05, 3.63) is 88.8 Å². The molecule has 1 aromatic heterocycles. The van der Waals surface area contributed by atoms with Crippen LogP contribution in [0.15, 0.2) is 54.6 Å². The zero-order valence-electron chi connectivity index (χ0n) is 16.4. The number of nitrogens with zero attached hydrogens (tertiary/aromatic N) is 3. The minimum Gasteiger partial charge on any atom is -0.218 e. The molecule has 0 radical (unpaired) electrons. The minimum absolute atomic E-state index is 0.745. The molecule has 5 rings (SSSR count). The lowest BCUT2D eigenvalue weighted by Gasteiger charge is -2.09. The van der Waals surface area contributed by atoms with E-state index >= 15 is 0 Å². The van der Waals surface area contributed by atoms with Crippen molar-refractivity contribution in [2.24, 2.45) is 0 Å².